The van der Waals surface area contributed by atoms with Gasteiger partial charge < -0.3 is 5.11 Å². The SMILES string of the molecule is Cc1nn(C)c(Cl)c1S(=O)(=O)NCC(O)c1ccccc1. The molecule has 0 radical (unpaired) electrons. The number of rotatable bonds is 5. The molecule has 21 heavy (non-hydrogen) atoms. The number of aromatic nitrogens is 2. The van der Waals surface area contributed by atoms with Crippen LogP contribution in [0.5, 0.6) is 0 Å². The van der Waals surface area contributed by atoms with Gasteiger partial charge in [-0.05, 0) is 12.5 Å². The summed E-state index contributed by atoms with van der Waals surface area (Å²) in [6, 6.07) is 8.81. The number of hydrogen-bond acceptors (Lipinski definition) is 4. The summed E-state index contributed by atoms with van der Waals surface area (Å²) in [5.41, 5.74) is 0.943. The number of sulfonamides is 1. The summed E-state index contributed by atoms with van der Waals surface area (Å²) < 4.78 is 28.2. The highest BCUT2D eigenvalue weighted by atomic mass is 35.5. The molecule has 2 rings (SSSR count). The molecule has 8 heteroatoms. The predicted molar refractivity (Wildman–Crippen MR) is 79.5 cm³/mol. The summed E-state index contributed by atoms with van der Waals surface area (Å²) in [4.78, 5) is -0.0630. The summed E-state index contributed by atoms with van der Waals surface area (Å²) in [6.45, 7) is 1.42. The van der Waals surface area contributed by atoms with Crippen LogP contribution in [-0.4, -0.2) is 29.8 Å². The van der Waals surface area contributed by atoms with E-state index in [1.165, 1.54) is 4.68 Å². The molecule has 0 saturated heterocycles. The van der Waals surface area contributed by atoms with Crippen molar-refractivity contribution in [2.45, 2.75) is 17.9 Å². The third kappa shape index (κ3) is 3.44. The van der Waals surface area contributed by atoms with Gasteiger partial charge in [0.15, 0.2) is 0 Å². The molecule has 1 unspecified atom stereocenters. The standard InChI is InChI=1S/C13H16ClN3O3S/c1-9-12(13(14)17(2)16-9)21(19,20)15-8-11(18)10-6-4-3-5-7-10/h3-7,11,15,18H,8H2,1-2H3. The first-order chi connectivity index (χ1) is 9.83. The van der Waals surface area contributed by atoms with Crippen molar-refractivity contribution in [1.82, 2.24) is 14.5 Å². The Kier molecular flexibility index (Phi) is 4.67. The minimum atomic E-state index is -3.83. The number of hydrogen-bond donors (Lipinski definition) is 2. The van der Waals surface area contributed by atoms with Crippen molar-refractivity contribution >= 4 is 21.6 Å². The second kappa shape index (κ2) is 6.15. The van der Waals surface area contributed by atoms with Crippen molar-refractivity contribution in [2.75, 3.05) is 6.54 Å². The fourth-order valence-corrected chi connectivity index (χ4v) is 3.75. The van der Waals surface area contributed by atoms with Crippen molar-refractivity contribution in [1.29, 1.82) is 0 Å². The van der Waals surface area contributed by atoms with E-state index in [1.807, 2.05) is 6.07 Å². The quantitative estimate of drug-likeness (QED) is 0.868. The Balaban J connectivity index is 2.15. The molecule has 0 fully saturated rings. The van der Waals surface area contributed by atoms with Crippen molar-refractivity contribution in [3.05, 3.63) is 46.7 Å². The average Bonchev–Trinajstić information content (AvgIpc) is 2.71. The Morgan fingerprint density at radius 1 is 1.38 bits per heavy atom. The Labute approximate surface area is 128 Å². The summed E-state index contributed by atoms with van der Waals surface area (Å²) in [5, 5.41) is 14.0. The zero-order chi connectivity index (χ0) is 15.6. The summed E-state index contributed by atoms with van der Waals surface area (Å²) in [7, 11) is -2.27. The van der Waals surface area contributed by atoms with E-state index in [-0.39, 0.29) is 16.6 Å². The van der Waals surface area contributed by atoms with Crippen LogP contribution < -0.4 is 4.72 Å². The number of aliphatic hydroxyl groups excluding tert-OH is 1. The van der Waals surface area contributed by atoms with Crippen LogP contribution >= 0.6 is 11.6 Å². The van der Waals surface area contributed by atoms with Crippen LogP contribution in [0.4, 0.5) is 0 Å². The van der Waals surface area contributed by atoms with Gasteiger partial charge in [0.25, 0.3) is 0 Å². The van der Waals surface area contributed by atoms with Crippen LogP contribution in [0.25, 0.3) is 0 Å². The van der Waals surface area contributed by atoms with Gasteiger partial charge in [0, 0.05) is 13.6 Å². The summed E-state index contributed by atoms with van der Waals surface area (Å²) in [6.07, 6.45) is -0.934. The molecule has 0 amide bonds. The van der Waals surface area contributed by atoms with E-state index in [9.17, 15) is 13.5 Å². The first-order valence-corrected chi connectivity index (χ1v) is 8.11. The molecule has 2 aromatic rings. The highest BCUT2D eigenvalue weighted by Crippen LogP contribution is 2.24. The van der Waals surface area contributed by atoms with Gasteiger partial charge in [-0.3, -0.25) is 4.68 Å². The van der Waals surface area contributed by atoms with Gasteiger partial charge in [0.2, 0.25) is 10.0 Å². The molecule has 114 valence electrons. The molecule has 1 heterocycles. The van der Waals surface area contributed by atoms with Crippen molar-refractivity contribution in [3.63, 3.8) is 0 Å². The molecule has 2 N–H and O–H groups in total. The Hall–Kier alpha value is -1.41. The minimum absolute atomic E-state index is 0.0363. The van der Waals surface area contributed by atoms with Crippen molar-refractivity contribution in [2.24, 2.45) is 7.05 Å². The van der Waals surface area contributed by atoms with Crippen LogP contribution in [0.2, 0.25) is 5.15 Å². The molecule has 0 aliphatic carbocycles. The smallest absolute Gasteiger partial charge is 0.245 e. The highest BCUT2D eigenvalue weighted by molar-refractivity contribution is 7.89. The lowest BCUT2D eigenvalue weighted by Gasteiger charge is -2.12. The predicted octanol–water partition coefficient (Wildman–Crippen LogP) is 1.39. The molecular weight excluding hydrogens is 314 g/mol. The lowest BCUT2D eigenvalue weighted by atomic mass is 10.1. The van der Waals surface area contributed by atoms with E-state index < -0.39 is 16.1 Å². The maximum absolute atomic E-state index is 12.3. The van der Waals surface area contributed by atoms with Crippen LogP contribution in [0.15, 0.2) is 35.2 Å². The van der Waals surface area contributed by atoms with Crippen LogP contribution in [0, 0.1) is 6.92 Å². The Morgan fingerprint density at radius 3 is 2.52 bits per heavy atom. The molecule has 1 aromatic heterocycles. The fourth-order valence-electron chi connectivity index (χ4n) is 1.97. The Morgan fingerprint density at radius 2 is 2.00 bits per heavy atom. The molecule has 1 atom stereocenters. The largest absolute Gasteiger partial charge is 0.387 e. The first-order valence-electron chi connectivity index (χ1n) is 6.24. The fraction of sp³-hybridized carbons (Fsp3) is 0.308. The number of nitrogens with one attached hydrogen (secondary N) is 1. The molecule has 6 nitrogen and oxygen atoms in total. The van der Waals surface area contributed by atoms with Crippen LogP contribution in [0.3, 0.4) is 0 Å². The topological polar surface area (TPSA) is 84.2 Å². The first kappa shape index (κ1) is 16.0. The Bertz CT molecular complexity index is 729. The average molecular weight is 330 g/mol. The monoisotopic (exact) mass is 329 g/mol. The second-order valence-electron chi connectivity index (χ2n) is 4.61. The molecular formula is C13H16ClN3O3S. The zero-order valence-electron chi connectivity index (χ0n) is 11.6. The summed E-state index contributed by atoms with van der Waals surface area (Å²) >= 11 is 5.95. The van der Waals surface area contributed by atoms with Crippen LogP contribution in [-0.2, 0) is 17.1 Å². The van der Waals surface area contributed by atoms with Crippen LogP contribution in [0.1, 0.15) is 17.4 Å². The molecule has 0 aliphatic heterocycles. The molecule has 0 saturated carbocycles. The number of benzene rings is 1. The number of nitrogens with zero attached hydrogens (tertiary/aromatic N) is 2. The lowest BCUT2D eigenvalue weighted by molar-refractivity contribution is 0.182. The number of halogens is 1. The van der Waals surface area contributed by atoms with E-state index in [4.69, 9.17) is 11.6 Å². The van der Waals surface area contributed by atoms with E-state index >= 15 is 0 Å². The van der Waals surface area contributed by atoms with Crippen molar-refractivity contribution in [3.8, 4) is 0 Å². The molecule has 0 bridgehead atoms. The maximum Gasteiger partial charge on any atom is 0.245 e. The minimum Gasteiger partial charge on any atom is -0.387 e. The van der Waals surface area contributed by atoms with Gasteiger partial charge in [-0.2, -0.15) is 5.10 Å². The van der Waals surface area contributed by atoms with Gasteiger partial charge in [-0.25, -0.2) is 13.1 Å². The van der Waals surface area contributed by atoms with Crippen molar-refractivity contribution < 1.29 is 13.5 Å². The van der Waals surface area contributed by atoms with Gasteiger partial charge in [0.05, 0.1) is 11.8 Å². The number of aryl methyl sites for hydroxylation is 2. The van der Waals surface area contributed by atoms with E-state index in [0.29, 0.717) is 11.3 Å². The van der Waals surface area contributed by atoms with Gasteiger partial charge >= 0.3 is 0 Å². The van der Waals surface area contributed by atoms with E-state index in [2.05, 4.69) is 9.82 Å². The maximum atomic E-state index is 12.3. The molecule has 0 spiro atoms. The second-order valence-corrected chi connectivity index (χ2v) is 6.67. The third-order valence-electron chi connectivity index (χ3n) is 3.02. The highest BCUT2D eigenvalue weighted by Gasteiger charge is 2.25. The summed E-state index contributed by atoms with van der Waals surface area (Å²) in [5.74, 6) is 0. The third-order valence-corrected chi connectivity index (χ3v) is 5.14. The van der Waals surface area contributed by atoms with Gasteiger partial charge in [-0.15, -0.1) is 0 Å². The van der Waals surface area contributed by atoms with E-state index in [1.54, 1.807) is 38.2 Å². The normalized spacial score (nSPS) is 13.3. The van der Waals surface area contributed by atoms with E-state index in [0.717, 1.165) is 0 Å². The lowest BCUT2D eigenvalue weighted by Crippen LogP contribution is -2.29. The molecule has 1 aromatic carbocycles. The number of aliphatic hydroxyl groups is 1. The molecule has 0 aliphatic rings. The van der Waals surface area contributed by atoms with Gasteiger partial charge in [-0.1, -0.05) is 41.9 Å². The van der Waals surface area contributed by atoms with Gasteiger partial charge in [0.1, 0.15) is 10.0 Å². The zero-order valence-corrected chi connectivity index (χ0v) is 13.2.